The molecule has 38 valence electrons. The van der Waals surface area contributed by atoms with Gasteiger partial charge in [-0.15, -0.1) is 12.4 Å². The van der Waals surface area contributed by atoms with E-state index >= 15 is 0 Å². The number of hydrogen-bond donors (Lipinski definition) is 1. The summed E-state index contributed by atoms with van der Waals surface area (Å²) in [4.78, 5) is 0. The van der Waals surface area contributed by atoms with E-state index in [2.05, 4.69) is 0 Å². The van der Waals surface area contributed by atoms with Crippen LogP contribution in [0.5, 0.6) is 0 Å². The molecule has 0 aromatic heterocycles. The predicted molar refractivity (Wildman–Crippen MR) is 31.1 cm³/mol. The summed E-state index contributed by atoms with van der Waals surface area (Å²) < 4.78 is 0. The van der Waals surface area contributed by atoms with Gasteiger partial charge in [-0.25, -0.2) is 0 Å². The maximum atomic E-state index is 5.05. The standard InChI is InChI=1S/C4H9N.ClH/c1-2-3-4-5;/h2-3H,4-5H2,1H3;1H/b3-2+;. The van der Waals surface area contributed by atoms with Gasteiger partial charge >= 0.3 is 0 Å². The third-order valence-electron chi connectivity index (χ3n) is 0.372. The number of allylic oxidation sites excluding steroid dienone is 1. The highest BCUT2D eigenvalue weighted by Gasteiger charge is 1.51. The van der Waals surface area contributed by atoms with Gasteiger partial charge in [0.2, 0.25) is 0 Å². The van der Waals surface area contributed by atoms with E-state index in [1.54, 1.807) is 0 Å². The summed E-state index contributed by atoms with van der Waals surface area (Å²) in [6.07, 6.45) is 3.83. The Morgan fingerprint density at radius 3 is 2.17 bits per heavy atom. The Morgan fingerprint density at radius 1 is 1.67 bits per heavy atom. The van der Waals surface area contributed by atoms with Gasteiger partial charge in [0, 0.05) is 6.54 Å². The second-order valence-corrected chi connectivity index (χ2v) is 0.805. The molecule has 0 saturated heterocycles. The van der Waals surface area contributed by atoms with Gasteiger partial charge in [-0.05, 0) is 6.92 Å². The van der Waals surface area contributed by atoms with E-state index in [9.17, 15) is 0 Å². The lowest BCUT2D eigenvalue weighted by atomic mass is 10.5. The van der Waals surface area contributed by atoms with Crippen molar-refractivity contribution in [2.75, 3.05) is 6.54 Å². The van der Waals surface area contributed by atoms with Gasteiger partial charge in [-0.2, -0.15) is 0 Å². The molecule has 0 fully saturated rings. The maximum absolute atomic E-state index is 5.05. The van der Waals surface area contributed by atoms with Gasteiger partial charge in [0.25, 0.3) is 0 Å². The van der Waals surface area contributed by atoms with Crippen LogP contribution in [0.15, 0.2) is 12.2 Å². The van der Waals surface area contributed by atoms with Crippen LogP contribution < -0.4 is 5.73 Å². The van der Waals surface area contributed by atoms with E-state index in [4.69, 9.17) is 5.73 Å². The summed E-state index contributed by atoms with van der Waals surface area (Å²) in [5, 5.41) is 0. The zero-order chi connectivity index (χ0) is 4.12. The Labute approximate surface area is 44.6 Å². The molecule has 0 radical (unpaired) electrons. The van der Waals surface area contributed by atoms with E-state index in [1.807, 2.05) is 19.1 Å². The summed E-state index contributed by atoms with van der Waals surface area (Å²) in [7, 11) is 0. The van der Waals surface area contributed by atoms with Crippen LogP contribution >= 0.6 is 12.4 Å². The van der Waals surface area contributed by atoms with Crippen molar-refractivity contribution in [3.8, 4) is 0 Å². The summed E-state index contributed by atoms with van der Waals surface area (Å²) in [6, 6.07) is 0. The predicted octanol–water partition coefficient (Wildman–Crippen LogP) is 0.943. The summed E-state index contributed by atoms with van der Waals surface area (Å²) >= 11 is 0. The molecule has 0 bridgehead atoms. The largest absolute Gasteiger partial charge is 0.327 e. The topological polar surface area (TPSA) is 26.0 Å². The molecular formula is C4H10ClN. The number of nitrogens with two attached hydrogens (primary N) is 1. The molecule has 0 saturated carbocycles. The minimum atomic E-state index is 0. The number of halogens is 1. The second kappa shape index (κ2) is 8.89. The number of hydrogen-bond acceptors (Lipinski definition) is 1. The molecular weight excluding hydrogens is 97.5 g/mol. The molecule has 0 aliphatic carbocycles. The second-order valence-electron chi connectivity index (χ2n) is 0.805. The Morgan fingerprint density at radius 2 is 2.17 bits per heavy atom. The van der Waals surface area contributed by atoms with Gasteiger partial charge in [-0.1, -0.05) is 12.2 Å². The first-order valence-corrected chi connectivity index (χ1v) is 1.73. The zero-order valence-electron chi connectivity index (χ0n) is 3.85. The van der Waals surface area contributed by atoms with Gasteiger partial charge in [0.15, 0.2) is 0 Å². The normalized spacial score (nSPS) is 8.33. The zero-order valence-corrected chi connectivity index (χ0v) is 4.66. The van der Waals surface area contributed by atoms with E-state index in [1.165, 1.54) is 0 Å². The molecule has 0 aliphatic heterocycles. The Kier molecular flexibility index (Phi) is 13.9. The van der Waals surface area contributed by atoms with Crippen LogP contribution in [0.2, 0.25) is 0 Å². The Hall–Kier alpha value is -0.0100. The van der Waals surface area contributed by atoms with Crippen molar-refractivity contribution in [2.24, 2.45) is 5.73 Å². The van der Waals surface area contributed by atoms with Crippen LogP contribution in [0.3, 0.4) is 0 Å². The first-order valence-electron chi connectivity index (χ1n) is 1.73. The quantitative estimate of drug-likeness (QED) is 0.496. The van der Waals surface area contributed by atoms with Crippen molar-refractivity contribution in [3.05, 3.63) is 12.2 Å². The number of rotatable bonds is 1. The van der Waals surface area contributed by atoms with Crippen molar-refractivity contribution in [2.45, 2.75) is 6.92 Å². The SMILES string of the molecule is C/C=C/CN.Cl. The van der Waals surface area contributed by atoms with Crippen LogP contribution in [-0.2, 0) is 0 Å². The van der Waals surface area contributed by atoms with E-state index in [-0.39, 0.29) is 12.4 Å². The van der Waals surface area contributed by atoms with Gasteiger partial charge in [0.05, 0.1) is 0 Å². The van der Waals surface area contributed by atoms with Crippen molar-refractivity contribution in [1.29, 1.82) is 0 Å². The molecule has 0 aromatic rings. The van der Waals surface area contributed by atoms with Crippen molar-refractivity contribution < 1.29 is 0 Å². The molecule has 0 unspecified atom stereocenters. The molecule has 2 N–H and O–H groups in total. The highest BCUT2D eigenvalue weighted by molar-refractivity contribution is 5.85. The molecule has 0 amide bonds. The minimum Gasteiger partial charge on any atom is -0.327 e. The summed E-state index contributed by atoms with van der Waals surface area (Å²) in [6.45, 7) is 2.61. The highest BCUT2D eigenvalue weighted by atomic mass is 35.5. The van der Waals surface area contributed by atoms with E-state index < -0.39 is 0 Å². The Bertz CT molecular complexity index is 34.5. The molecule has 0 rings (SSSR count). The molecule has 0 aromatic carbocycles. The molecule has 0 heterocycles. The first-order chi connectivity index (χ1) is 2.41. The maximum Gasteiger partial charge on any atom is 0.0106 e. The average Bonchev–Trinajstić information content (AvgIpc) is 1.41. The lowest BCUT2D eigenvalue weighted by molar-refractivity contribution is 1.25. The van der Waals surface area contributed by atoms with Gasteiger partial charge < -0.3 is 5.73 Å². The van der Waals surface area contributed by atoms with Crippen LogP contribution in [0, 0.1) is 0 Å². The lowest BCUT2D eigenvalue weighted by Gasteiger charge is -1.67. The molecule has 0 aliphatic rings. The van der Waals surface area contributed by atoms with Crippen LogP contribution in [0.1, 0.15) is 6.92 Å². The molecule has 2 heteroatoms. The fourth-order valence-corrected chi connectivity index (χ4v) is 0.136. The van der Waals surface area contributed by atoms with Crippen molar-refractivity contribution >= 4 is 12.4 Å². The third-order valence-corrected chi connectivity index (χ3v) is 0.372. The lowest BCUT2D eigenvalue weighted by Crippen LogP contribution is -1.90. The summed E-state index contributed by atoms with van der Waals surface area (Å²) in [5.74, 6) is 0. The fraction of sp³-hybridized carbons (Fsp3) is 0.500. The van der Waals surface area contributed by atoms with Crippen LogP contribution in [-0.4, -0.2) is 6.54 Å². The van der Waals surface area contributed by atoms with Crippen molar-refractivity contribution in [3.63, 3.8) is 0 Å². The Balaban J connectivity index is 0. The fourth-order valence-electron chi connectivity index (χ4n) is 0.136. The molecule has 0 atom stereocenters. The van der Waals surface area contributed by atoms with Crippen LogP contribution in [0.4, 0.5) is 0 Å². The van der Waals surface area contributed by atoms with Gasteiger partial charge in [-0.3, -0.25) is 0 Å². The molecule has 1 nitrogen and oxygen atoms in total. The molecule has 0 spiro atoms. The summed E-state index contributed by atoms with van der Waals surface area (Å²) in [5.41, 5.74) is 5.05. The van der Waals surface area contributed by atoms with Crippen molar-refractivity contribution in [1.82, 2.24) is 0 Å². The van der Waals surface area contributed by atoms with E-state index in [0.29, 0.717) is 6.54 Å². The highest BCUT2D eigenvalue weighted by Crippen LogP contribution is 1.57. The molecule has 6 heavy (non-hydrogen) atoms. The smallest absolute Gasteiger partial charge is 0.0106 e. The average molecular weight is 108 g/mol. The van der Waals surface area contributed by atoms with Crippen LogP contribution in [0.25, 0.3) is 0 Å². The van der Waals surface area contributed by atoms with Gasteiger partial charge in [0.1, 0.15) is 0 Å². The minimum absolute atomic E-state index is 0. The first kappa shape index (κ1) is 9.37. The van der Waals surface area contributed by atoms with E-state index in [0.717, 1.165) is 0 Å². The monoisotopic (exact) mass is 107 g/mol. The third kappa shape index (κ3) is 9.01.